The Morgan fingerprint density at radius 2 is 1.91 bits per heavy atom. The van der Waals surface area contributed by atoms with Crippen LogP contribution in [0, 0.1) is 5.92 Å². The molecule has 0 radical (unpaired) electrons. The predicted molar refractivity (Wildman–Crippen MR) is 90.8 cm³/mol. The molecule has 1 heterocycles. The van der Waals surface area contributed by atoms with E-state index >= 15 is 0 Å². The lowest BCUT2D eigenvalue weighted by Crippen LogP contribution is -2.28. The third-order valence-electron chi connectivity index (χ3n) is 4.31. The summed E-state index contributed by atoms with van der Waals surface area (Å²) in [4.78, 5) is 23.5. The molecule has 3 rings (SSSR count). The van der Waals surface area contributed by atoms with E-state index in [2.05, 4.69) is 17.2 Å². The number of hydrogen-bond donors (Lipinski definition) is 0. The Morgan fingerprint density at radius 1 is 1.17 bits per heavy atom. The molecule has 2 aromatic rings. The van der Waals surface area contributed by atoms with Crippen LogP contribution in [0.2, 0.25) is 0 Å². The second-order valence-electron chi connectivity index (χ2n) is 6.67. The molecule has 0 saturated heterocycles. The zero-order valence-corrected chi connectivity index (χ0v) is 13.7. The normalized spacial score (nSPS) is 13.9. The molecule has 0 amide bonds. The van der Waals surface area contributed by atoms with Crippen molar-refractivity contribution >= 4 is 6.29 Å². The Morgan fingerprint density at radius 3 is 2.61 bits per heavy atom. The van der Waals surface area contributed by atoms with E-state index in [0.717, 1.165) is 18.4 Å². The number of hydrogen-bond acceptors (Lipinski definition) is 3. The summed E-state index contributed by atoms with van der Waals surface area (Å²) in [5, 5.41) is 4.49. The monoisotopic (exact) mass is 310 g/mol. The summed E-state index contributed by atoms with van der Waals surface area (Å²) in [6.07, 6.45) is 5.32. The summed E-state index contributed by atoms with van der Waals surface area (Å²) < 4.78 is 1.42. The summed E-state index contributed by atoms with van der Waals surface area (Å²) in [6, 6.07) is 7.97. The van der Waals surface area contributed by atoms with Gasteiger partial charge in [0.05, 0.1) is 11.3 Å². The standard InChI is InChI=1S/C19H22N2O2/c1-13(2)11-21-19(23)17(12-22)10-18(20-21)16-8-7-14-5-3-4-6-15(14)9-16/h7-10,12-13H,3-6,11H2,1-2H3. The van der Waals surface area contributed by atoms with Crippen molar-refractivity contribution in [1.29, 1.82) is 0 Å². The van der Waals surface area contributed by atoms with Crippen LogP contribution in [-0.4, -0.2) is 16.1 Å². The van der Waals surface area contributed by atoms with Crippen LogP contribution in [0.3, 0.4) is 0 Å². The van der Waals surface area contributed by atoms with E-state index in [9.17, 15) is 9.59 Å². The Bertz CT molecular complexity index is 790. The Labute approximate surface area is 136 Å². The summed E-state index contributed by atoms with van der Waals surface area (Å²) in [6.45, 7) is 4.57. The summed E-state index contributed by atoms with van der Waals surface area (Å²) in [5.74, 6) is 0.290. The Hall–Kier alpha value is -2.23. The molecule has 0 bridgehead atoms. The van der Waals surface area contributed by atoms with Gasteiger partial charge in [0.1, 0.15) is 0 Å². The first-order valence-electron chi connectivity index (χ1n) is 8.28. The molecule has 0 aliphatic heterocycles. The van der Waals surface area contributed by atoms with Crippen LogP contribution in [0.25, 0.3) is 11.3 Å². The lowest BCUT2D eigenvalue weighted by Gasteiger charge is -2.17. The molecule has 1 aromatic heterocycles. The minimum atomic E-state index is -0.310. The molecular weight excluding hydrogens is 288 g/mol. The maximum atomic E-state index is 12.2. The predicted octanol–water partition coefficient (Wildman–Crippen LogP) is 3.26. The van der Waals surface area contributed by atoms with Crippen molar-refractivity contribution in [1.82, 2.24) is 9.78 Å². The van der Waals surface area contributed by atoms with Crippen LogP contribution in [0.4, 0.5) is 0 Å². The van der Waals surface area contributed by atoms with E-state index in [-0.39, 0.29) is 11.1 Å². The highest BCUT2D eigenvalue weighted by Crippen LogP contribution is 2.26. The van der Waals surface area contributed by atoms with Gasteiger partial charge in [-0.2, -0.15) is 5.10 Å². The van der Waals surface area contributed by atoms with Gasteiger partial charge in [-0.1, -0.05) is 26.0 Å². The molecular formula is C19H22N2O2. The van der Waals surface area contributed by atoms with Gasteiger partial charge < -0.3 is 0 Å². The van der Waals surface area contributed by atoms with Crippen molar-refractivity contribution in [2.24, 2.45) is 5.92 Å². The van der Waals surface area contributed by atoms with E-state index in [4.69, 9.17) is 0 Å². The van der Waals surface area contributed by atoms with Gasteiger partial charge in [-0.3, -0.25) is 9.59 Å². The maximum Gasteiger partial charge on any atom is 0.277 e. The molecule has 1 aliphatic carbocycles. The third-order valence-corrected chi connectivity index (χ3v) is 4.31. The summed E-state index contributed by atoms with van der Waals surface area (Å²) in [5.41, 5.74) is 4.31. The maximum absolute atomic E-state index is 12.2. The van der Waals surface area contributed by atoms with Crippen molar-refractivity contribution < 1.29 is 4.79 Å². The minimum absolute atomic E-state index is 0.174. The van der Waals surface area contributed by atoms with Crippen molar-refractivity contribution in [3.8, 4) is 11.3 Å². The molecule has 0 spiro atoms. The smallest absolute Gasteiger partial charge is 0.277 e. The van der Waals surface area contributed by atoms with E-state index in [1.807, 2.05) is 19.9 Å². The second kappa shape index (κ2) is 6.49. The highest BCUT2D eigenvalue weighted by Gasteiger charge is 2.14. The average molecular weight is 310 g/mol. The van der Waals surface area contributed by atoms with Gasteiger partial charge in [0, 0.05) is 12.1 Å². The fourth-order valence-corrected chi connectivity index (χ4v) is 3.15. The SMILES string of the molecule is CC(C)Cn1nc(-c2ccc3c(c2)CCCC3)cc(C=O)c1=O. The molecule has 0 N–H and O–H groups in total. The number of carbonyl (C=O) groups is 1. The summed E-state index contributed by atoms with van der Waals surface area (Å²) >= 11 is 0. The van der Waals surface area contributed by atoms with Crippen molar-refractivity contribution in [2.75, 3.05) is 0 Å². The van der Waals surface area contributed by atoms with Gasteiger partial charge >= 0.3 is 0 Å². The van der Waals surface area contributed by atoms with E-state index in [0.29, 0.717) is 24.4 Å². The number of fused-ring (bicyclic) bond motifs is 1. The van der Waals surface area contributed by atoms with Crippen LogP contribution >= 0.6 is 0 Å². The molecule has 120 valence electrons. The number of aryl methyl sites for hydroxylation is 2. The first-order valence-corrected chi connectivity index (χ1v) is 8.28. The molecule has 0 unspecified atom stereocenters. The van der Waals surface area contributed by atoms with Crippen LogP contribution in [0.15, 0.2) is 29.1 Å². The number of aromatic nitrogens is 2. The van der Waals surface area contributed by atoms with E-state index in [1.165, 1.54) is 28.7 Å². The molecule has 1 aliphatic rings. The Balaban J connectivity index is 2.08. The van der Waals surface area contributed by atoms with Crippen LogP contribution in [0.1, 0.15) is 48.2 Å². The lowest BCUT2D eigenvalue weighted by molar-refractivity contribution is 0.112. The summed E-state index contributed by atoms with van der Waals surface area (Å²) in [7, 11) is 0. The molecule has 0 saturated carbocycles. The topological polar surface area (TPSA) is 52.0 Å². The fourth-order valence-electron chi connectivity index (χ4n) is 3.15. The second-order valence-corrected chi connectivity index (χ2v) is 6.67. The van der Waals surface area contributed by atoms with Gasteiger partial charge in [-0.25, -0.2) is 4.68 Å². The number of benzene rings is 1. The highest BCUT2D eigenvalue weighted by molar-refractivity contribution is 5.77. The van der Waals surface area contributed by atoms with Gasteiger partial charge in [0.25, 0.3) is 5.56 Å². The van der Waals surface area contributed by atoms with Gasteiger partial charge in [0.2, 0.25) is 0 Å². The number of carbonyl (C=O) groups excluding carboxylic acids is 1. The molecule has 0 fully saturated rings. The van der Waals surface area contributed by atoms with Crippen molar-refractivity contribution in [3.05, 3.63) is 51.3 Å². The lowest BCUT2D eigenvalue weighted by atomic mass is 9.90. The average Bonchev–Trinajstić information content (AvgIpc) is 2.56. The molecule has 0 atom stereocenters. The fraction of sp³-hybridized carbons (Fsp3) is 0.421. The number of aldehydes is 1. The molecule has 4 heteroatoms. The Kier molecular flexibility index (Phi) is 4.42. The quantitative estimate of drug-likeness (QED) is 0.815. The van der Waals surface area contributed by atoms with Crippen molar-refractivity contribution in [3.63, 3.8) is 0 Å². The van der Waals surface area contributed by atoms with Crippen molar-refractivity contribution in [2.45, 2.75) is 46.1 Å². The molecule has 4 nitrogen and oxygen atoms in total. The minimum Gasteiger partial charge on any atom is -0.298 e. The van der Waals surface area contributed by atoms with E-state index < -0.39 is 0 Å². The van der Waals surface area contributed by atoms with Gasteiger partial charge in [-0.15, -0.1) is 0 Å². The van der Waals surface area contributed by atoms with E-state index in [1.54, 1.807) is 6.07 Å². The van der Waals surface area contributed by atoms with Gasteiger partial charge in [-0.05, 0) is 54.9 Å². The van der Waals surface area contributed by atoms with Gasteiger partial charge in [0.15, 0.2) is 6.29 Å². The first kappa shape index (κ1) is 15.7. The van der Waals surface area contributed by atoms with Crippen LogP contribution in [0.5, 0.6) is 0 Å². The molecule has 23 heavy (non-hydrogen) atoms. The highest BCUT2D eigenvalue weighted by atomic mass is 16.1. The zero-order chi connectivity index (χ0) is 16.4. The van der Waals surface area contributed by atoms with Crippen LogP contribution < -0.4 is 5.56 Å². The number of nitrogens with zero attached hydrogens (tertiary/aromatic N) is 2. The van der Waals surface area contributed by atoms with Crippen LogP contribution in [-0.2, 0) is 19.4 Å². The zero-order valence-electron chi connectivity index (χ0n) is 13.7. The third kappa shape index (κ3) is 3.26. The first-order chi connectivity index (χ1) is 11.1. The largest absolute Gasteiger partial charge is 0.298 e. The number of rotatable bonds is 4. The molecule has 1 aromatic carbocycles.